The van der Waals surface area contributed by atoms with Crippen LogP contribution in [0.2, 0.25) is 0 Å². The summed E-state index contributed by atoms with van der Waals surface area (Å²) in [7, 11) is 1.80. The van der Waals surface area contributed by atoms with Crippen molar-refractivity contribution in [3.8, 4) is 5.75 Å². The van der Waals surface area contributed by atoms with Gasteiger partial charge < -0.3 is 15.4 Å². The van der Waals surface area contributed by atoms with E-state index >= 15 is 0 Å². The zero-order valence-electron chi connectivity index (χ0n) is 12.6. The molecule has 4 rings (SSSR count). The van der Waals surface area contributed by atoms with Gasteiger partial charge in [-0.3, -0.25) is 14.3 Å². The molecule has 0 unspecified atom stereocenters. The first kappa shape index (κ1) is 13.6. The second-order valence-corrected chi connectivity index (χ2v) is 6.75. The van der Waals surface area contributed by atoms with E-state index in [1.807, 2.05) is 0 Å². The second kappa shape index (κ2) is 4.24. The number of rotatable bonds is 4. The van der Waals surface area contributed by atoms with Gasteiger partial charge in [-0.25, -0.2) is 0 Å². The number of aryl methyl sites for hydroxylation is 1. The molecule has 0 spiro atoms. The average Bonchev–Trinajstić information content (AvgIpc) is 2.85. The van der Waals surface area contributed by atoms with Crippen LogP contribution in [-0.4, -0.2) is 43.7 Å². The van der Waals surface area contributed by atoms with E-state index in [0.717, 1.165) is 12.8 Å². The van der Waals surface area contributed by atoms with E-state index in [9.17, 15) is 9.59 Å². The van der Waals surface area contributed by atoms with E-state index in [1.54, 1.807) is 29.0 Å². The molecular formula is C15H20N4O3. The fourth-order valence-electron chi connectivity index (χ4n) is 4.02. The summed E-state index contributed by atoms with van der Waals surface area (Å²) in [4.78, 5) is 26.8. The van der Waals surface area contributed by atoms with Crippen molar-refractivity contribution < 1.29 is 14.3 Å². The van der Waals surface area contributed by atoms with Gasteiger partial charge in [0.1, 0.15) is 5.54 Å². The molecule has 0 atom stereocenters. The third-order valence-corrected chi connectivity index (χ3v) is 5.37. The number of nitrogens with zero attached hydrogens (tertiary/aromatic N) is 3. The molecule has 7 nitrogen and oxygen atoms in total. The molecule has 0 aromatic carbocycles. The van der Waals surface area contributed by atoms with Crippen LogP contribution in [0.5, 0.6) is 5.75 Å². The summed E-state index contributed by atoms with van der Waals surface area (Å²) < 4.78 is 7.57. The molecule has 118 valence electrons. The third-order valence-electron chi connectivity index (χ3n) is 5.37. The Hall–Kier alpha value is -2.05. The minimum absolute atomic E-state index is 0.0739. The fourth-order valence-corrected chi connectivity index (χ4v) is 4.02. The number of nitrogens with two attached hydrogens (primary N) is 1. The minimum Gasteiger partial charge on any atom is -0.474 e. The Bertz CT molecular complexity index is 641. The molecule has 2 bridgehead atoms. The Labute approximate surface area is 128 Å². The molecular weight excluding hydrogens is 284 g/mol. The monoisotopic (exact) mass is 304 g/mol. The van der Waals surface area contributed by atoms with Crippen LogP contribution in [0.3, 0.4) is 0 Å². The first-order valence-corrected chi connectivity index (χ1v) is 7.78. The van der Waals surface area contributed by atoms with Crippen molar-refractivity contribution in [1.29, 1.82) is 0 Å². The van der Waals surface area contributed by atoms with E-state index in [1.165, 1.54) is 0 Å². The van der Waals surface area contributed by atoms with Crippen LogP contribution in [-0.2, 0) is 16.6 Å². The Kier molecular flexibility index (Phi) is 2.62. The summed E-state index contributed by atoms with van der Waals surface area (Å²) in [5.74, 6) is 0.140. The molecule has 1 saturated carbocycles. The number of primary amides is 1. The maximum atomic E-state index is 13.1. The van der Waals surface area contributed by atoms with Crippen molar-refractivity contribution in [3.05, 3.63) is 12.4 Å². The summed E-state index contributed by atoms with van der Waals surface area (Å²) in [5.41, 5.74) is 4.03. The van der Waals surface area contributed by atoms with Gasteiger partial charge in [0, 0.05) is 25.9 Å². The summed E-state index contributed by atoms with van der Waals surface area (Å²) in [5, 5.41) is 4.06. The van der Waals surface area contributed by atoms with Gasteiger partial charge in [-0.1, -0.05) is 0 Å². The molecule has 3 heterocycles. The fraction of sp³-hybridized carbons (Fsp3) is 0.667. The zero-order chi connectivity index (χ0) is 15.5. The van der Waals surface area contributed by atoms with Gasteiger partial charge in [-0.2, -0.15) is 5.10 Å². The van der Waals surface area contributed by atoms with Crippen molar-refractivity contribution in [3.63, 3.8) is 0 Å². The molecule has 2 aliphatic heterocycles. The number of amides is 2. The van der Waals surface area contributed by atoms with E-state index in [0.29, 0.717) is 31.4 Å². The van der Waals surface area contributed by atoms with Crippen LogP contribution in [0.1, 0.15) is 38.5 Å². The highest BCUT2D eigenvalue weighted by molar-refractivity contribution is 5.96. The summed E-state index contributed by atoms with van der Waals surface area (Å²) in [6, 6.07) is 0.134. The Morgan fingerprint density at radius 2 is 2.00 bits per heavy atom. The molecule has 2 N–H and O–H groups in total. The van der Waals surface area contributed by atoms with Gasteiger partial charge >= 0.3 is 0 Å². The zero-order valence-corrected chi connectivity index (χ0v) is 12.6. The standard InChI is InChI=1S/C15H20N4O3/c1-18-9-11(8-17-18)22-15(6-7-15)13(21)19-10-2-4-14(19,5-3-10)12(16)20/h8-10H,2-7H2,1H3,(H2,16,20). The number of aromatic nitrogens is 2. The Morgan fingerprint density at radius 3 is 2.50 bits per heavy atom. The van der Waals surface area contributed by atoms with E-state index in [4.69, 9.17) is 10.5 Å². The van der Waals surface area contributed by atoms with Gasteiger partial charge in [0.05, 0.1) is 12.4 Å². The SMILES string of the molecule is Cn1cc(OC2(C(=O)N3C4CCC3(C(N)=O)CC4)CC2)cn1. The van der Waals surface area contributed by atoms with Crippen molar-refractivity contribution in [2.75, 3.05) is 0 Å². The molecule has 1 aromatic heterocycles. The lowest BCUT2D eigenvalue weighted by molar-refractivity contribution is -0.150. The van der Waals surface area contributed by atoms with Gasteiger partial charge in [0.15, 0.2) is 11.4 Å². The smallest absolute Gasteiger partial charge is 0.267 e. The molecule has 1 aliphatic carbocycles. The number of hydrogen-bond donors (Lipinski definition) is 1. The van der Waals surface area contributed by atoms with Gasteiger partial charge in [-0.15, -0.1) is 0 Å². The first-order chi connectivity index (χ1) is 10.5. The lowest BCUT2D eigenvalue weighted by Gasteiger charge is -2.34. The number of carbonyl (C=O) groups excluding carboxylic acids is 2. The van der Waals surface area contributed by atoms with Gasteiger partial charge in [0.25, 0.3) is 5.91 Å². The number of fused-ring (bicyclic) bond motifs is 2. The minimum atomic E-state index is -0.823. The van der Waals surface area contributed by atoms with Crippen LogP contribution in [0, 0.1) is 0 Å². The summed E-state index contributed by atoms with van der Waals surface area (Å²) in [6.07, 6.45) is 7.79. The van der Waals surface area contributed by atoms with Crippen LogP contribution in [0.4, 0.5) is 0 Å². The molecule has 3 aliphatic rings. The van der Waals surface area contributed by atoms with E-state index in [2.05, 4.69) is 5.10 Å². The predicted molar refractivity (Wildman–Crippen MR) is 76.8 cm³/mol. The van der Waals surface area contributed by atoms with Gasteiger partial charge in [-0.05, 0) is 25.7 Å². The maximum Gasteiger partial charge on any atom is 0.267 e. The molecule has 1 aromatic rings. The molecule has 0 radical (unpaired) electrons. The molecule has 2 amide bonds. The predicted octanol–water partition coefficient (Wildman–Crippen LogP) is 0.340. The third kappa shape index (κ3) is 1.71. The number of carbonyl (C=O) groups is 2. The Morgan fingerprint density at radius 1 is 1.32 bits per heavy atom. The van der Waals surface area contributed by atoms with Crippen LogP contribution in [0.25, 0.3) is 0 Å². The molecule has 7 heteroatoms. The quantitative estimate of drug-likeness (QED) is 0.868. The normalized spacial score (nSPS) is 31.3. The Balaban J connectivity index is 1.60. The summed E-state index contributed by atoms with van der Waals surface area (Å²) in [6.45, 7) is 0. The molecule has 22 heavy (non-hydrogen) atoms. The van der Waals surface area contributed by atoms with Crippen molar-refractivity contribution >= 4 is 11.8 Å². The number of hydrogen-bond acceptors (Lipinski definition) is 4. The van der Waals surface area contributed by atoms with Crippen molar-refractivity contribution in [2.45, 2.75) is 55.7 Å². The number of ether oxygens (including phenoxy) is 1. The highest BCUT2D eigenvalue weighted by atomic mass is 16.5. The highest BCUT2D eigenvalue weighted by Gasteiger charge is 2.64. The van der Waals surface area contributed by atoms with Crippen molar-refractivity contribution in [2.24, 2.45) is 12.8 Å². The highest BCUT2D eigenvalue weighted by Crippen LogP contribution is 2.51. The van der Waals surface area contributed by atoms with E-state index in [-0.39, 0.29) is 17.9 Å². The summed E-state index contributed by atoms with van der Waals surface area (Å²) >= 11 is 0. The van der Waals surface area contributed by atoms with Crippen LogP contribution < -0.4 is 10.5 Å². The average molecular weight is 304 g/mol. The van der Waals surface area contributed by atoms with Gasteiger partial charge in [0.2, 0.25) is 5.91 Å². The first-order valence-electron chi connectivity index (χ1n) is 7.78. The lowest BCUT2D eigenvalue weighted by Crippen LogP contribution is -2.57. The van der Waals surface area contributed by atoms with Crippen LogP contribution in [0.15, 0.2) is 12.4 Å². The maximum absolute atomic E-state index is 13.1. The molecule has 2 saturated heterocycles. The van der Waals surface area contributed by atoms with Crippen LogP contribution >= 0.6 is 0 Å². The lowest BCUT2D eigenvalue weighted by atomic mass is 9.87. The second-order valence-electron chi connectivity index (χ2n) is 6.75. The van der Waals surface area contributed by atoms with E-state index < -0.39 is 11.1 Å². The largest absolute Gasteiger partial charge is 0.474 e. The topological polar surface area (TPSA) is 90.5 Å². The van der Waals surface area contributed by atoms with Crippen molar-refractivity contribution in [1.82, 2.24) is 14.7 Å². The molecule has 3 fully saturated rings.